The molecular formula is C42H31F6N. The Morgan fingerprint density at radius 1 is 0.408 bits per heavy atom. The number of benzene rings is 6. The van der Waals surface area contributed by atoms with Gasteiger partial charge >= 0.3 is 12.4 Å². The Balaban J connectivity index is 1.53. The van der Waals surface area contributed by atoms with Gasteiger partial charge in [-0.05, 0) is 104 Å². The quantitative estimate of drug-likeness (QED) is 0.165. The predicted octanol–water partition coefficient (Wildman–Crippen LogP) is 13.1. The van der Waals surface area contributed by atoms with E-state index in [1.165, 1.54) is 0 Å². The Morgan fingerprint density at radius 2 is 0.837 bits per heavy atom. The second-order valence-corrected chi connectivity index (χ2v) is 12.9. The summed E-state index contributed by atoms with van der Waals surface area (Å²) < 4.78 is 85.5. The van der Waals surface area contributed by atoms with E-state index in [0.717, 1.165) is 78.4 Å². The van der Waals surface area contributed by atoms with Gasteiger partial charge in [0.25, 0.3) is 0 Å². The summed E-state index contributed by atoms with van der Waals surface area (Å²) in [7, 11) is 0. The van der Waals surface area contributed by atoms with Crippen molar-refractivity contribution in [3.63, 3.8) is 0 Å². The van der Waals surface area contributed by atoms with Crippen LogP contribution >= 0.6 is 0 Å². The second-order valence-electron chi connectivity index (χ2n) is 12.9. The second kappa shape index (κ2) is 11.7. The van der Waals surface area contributed by atoms with Crippen LogP contribution in [0.5, 0.6) is 0 Å². The summed E-state index contributed by atoms with van der Waals surface area (Å²) in [6, 6.07) is 33.3. The van der Waals surface area contributed by atoms with Gasteiger partial charge in [-0.1, -0.05) is 89.0 Å². The number of para-hydroxylation sites is 1. The van der Waals surface area contributed by atoms with Crippen LogP contribution in [-0.2, 0) is 12.4 Å². The summed E-state index contributed by atoms with van der Waals surface area (Å²) >= 11 is 0. The Kier molecular flexibility index (Phi) is 7.70. The van der Waals surface area contributed by atoms with E-state index in [1.807, 2.05) is 56.5 Å². The Labute approximate surface area is 280 Å². The molecule has 1 nitrogen and oxygen atoms in total. The molecule has 0 amide bonds. The normalized spacial score (nSPS) is 12.3. The van der Waals surface area contributed by atoms with E-state index >= 15 is 0 Å². The van der Waals surface area contributed by atoms with Gasteiger partial charge in [0.2, 0.25) is 0 Å². The predicted molar refractivity (Wildman–Crippen MR) is 186 cm³/mol. The summed E-state index contributed by atoms with van der Waals surface area (Å²) in [4.78, 5) is 0. The number of halogens is 6. The number of aromatic nitrogens is 1. The number of aryl methyl sites for hydroxylation is 4. The molecule has 0 atom stereocenters. The van der Waals surface area contributed by atoms with Crippen molar-refractivity contribution in [2.24, 2.45) is 0 Å². The number of alkyl halides is 6. The highest BCUT2D eigenvalue weighted by Gasteiger charge is 2.37. The number of fused-ring (bicyclic) bond motifs is 3. The van der Waals surface area contributed by atoms with Gasteiger partial charge in [-0.25, -0.2) is 0 Å². The van der Waals surface area contributed by atoms with E-state index in [0.29, 0.717) is 5.69 Å². The molecule has 0 saturated carbocycles. The zero-order chi connectivity index (χ0) is 34.8. The molecule has 246 valence electrons. The van der Waals surface area contributed by atoms with Crippen LogP contribution in [-0.4, -0.2) is 4.57 Å². The van der Waals surface area contributed by atoms with Crippen LogP contribution in [0.2, 0.25) is 0 Å². The molecule has 0 bridgehead atoms. The topological polar surface area (TPSA) is 4.93 Å². The Hall–Kier alpha value is -5.30. The third-order valence-corrected chi connectivity index (χ3v) is 8.92. The maximum absolute atomic E-state index is 13.9. The molecular weight excluding hydrogens is 632 g/mol. The lowest BCUT2D eigenvalue weighted by Crippen LogP contribution is -2.11. The summed E-state index contributed by atoms with van der Waals surface area (Å²) in [6.45, 7) is 8.19. The zero-order valence-corrected chi connectivity index (χ0v) is 27.2. The molecule has 0 N–H and O–H groups in total. The molecule has 6 aromatic carbocycles. The fourth-order valence-electron chi connectivity index (χ4n) is 6.95. The van der Waals surface area contributed by atoms with Crippen molar-refractivity contribution < 1.29 is 26.3 Å². The minimum Gasteiger partial charge on any atom is -0.309 e. The lowest BCUT2D eigenvalue weighted by atomic mass is 9.97. The first-order valence-corrected chi connectivity index (χ1v) is 15.8. The first-order valence-electron chi connectivity index (χ1n) is 15.8. The summed E-state index contributed by atoms with van der Waals surface area (Å²) in [5.74, 6) is 0. The van der Waals surface area contributed by atoms with E-state index in [2.05, 4.69) is 48.5 Å². The van der Waals surface area contributed by atoms with Gasteiger partial charge in [0.05, 0.1) is 27.8 Å². The van der Waals surface area contributed by atoms with Crippen molar-refractivity contribution in [2.45, 2.75) is 40.0 Å². The van der Waals surface area contributed by atoms with Gasteiger partial charge in [0.1, 0.15) is 0 Å². The third kappa shape index (κ3) is 6.10. The molecule has 1 heterocycles. The smallest absolute Gasteiger partial charge is 0.309 e. The van der Waals surface area contributed by atoms with Gasteiger partial charge in [0.15, 0.2) is 0 Å². The zero-order valence-electron chi connectivity index (χ0n) is 27.2. The van der Waals surface area contributed by atoms with Crippen LogP contribution in [0.25, 0.3) is 60.9 Å². The van der Waals surface area contributed by atoms with E-state index in [-0.39, 0.29) is 17.2 Å². The maximum atomic E-state index is 13.9. The molecule has 7 heteroatoms. The van der Waals surface area contributed by atoms with Gasteiger partial charge in [-0.3, -0.25) is 0 Å². The van der Waals surface area contributed by atoms with Crippen LogP contribution < -0.4 is 0 Å². The molecule has 0 aliphatic carbocycles. The molecule has 1 aromatic heterocycles. The number of nitrogens with zero attached hydrogens (tertiary/aromatic N) is 1. The number of rotatable bonds is 4. The van der Waals surface area contributed by atoms with Crippen molar-refractivity contribution in [3.8, 4) is 39.1 Å². The van der Waals surface area contributed by atoms with E-state index in [4.69, 9.17) is 0 Å². The van der Waals surface area contributed by atoms with Crippen LogP contribution in [0.1, 0.15) is 33.4 Å². The monoisotopic (exact) mass is 663 g/mol. The molecule has 0 aliphatic rings. The average Bonchev–Trinajstić information content (AvgIpc) is 3.35. The highest BCUT2D eigenvalue weighted by Crippen LogP contribution is 2.43. The lowest BCUT2D eigenvalue weighted by Gasteiger charge is -2.18. The molecule has 0 saturated heterocycles. The summed E-state index contributed by atoms with van der Waals surface area (Å²) in [5, 5.41) is 1.82. The largest absolute Gasteiger partial charge is 0.416 e. The molecule has 0 fully saturated rings. The molecule has 7 rings (SSSR count). The van der Waals surface area contributed by atoms with Crippen LogP contribution in [0, 0.1) is 27.7 Å². The van der Waals surface area contributed by atoms with Crippen molar-refractivity contribution >= 4 is 21.8 Å². The Morgan fingerprint density at radius 3 is 1.27 bits per heavy atom. The van der Waals surface area contributed by atoms with Crippen molar-refractivity contribution in [2.75, 3.05) is 0 Å². The highest BCUT2D eigenvalue weighted by atomic mass is 19.4. The van der Waals surface area contributed by atoms with Crippen LogP contribution in [0.3, 0.4) is 0 Å². The number of hydrogen-bond donors (Lipinski definition) is 0. The third-order valence-electron chi connectivity index (χ3n) is 8.92. The fourth-order valence-corrected chi connectivity index (χ4v) is 6.95. The minimum absolute atomic E-state index is 0.162. The van der Waals surface area contributed by atoms with Gasteiger partial charge in [0, 0.05) is 16.3 Å². The summed E-state index contributed by atoms with van der Waals surface area (Å²) in [6.07, 6.45) is -9.93. The number of hydrogen-bond acceptors (Lipinski definition) is 0. The van der Waals surface area contributed by atoms with E-state index < -0.39 is 23.5 Å². The summed E-state index contributed by atoms with van der Waals surface area (Å²) in [5.41, 5.74) is 7.98. The first kappa shape index (κ1) is 32.3. The van der Waals surface area contributed by atoms with Crippen LogP contribution in [0.4, 0.5) is 26.3 Å². The van der Waals surface area contributed by atoms with Crippen LogP contribution in [0.15, 0.2) is 115 Å². The van der Waals surface area contributed by atoms with Crippen molar-refractivity contribution in [1.82, 2.24) is 4.57 Å². The highest BCUT2D eigenvalue weighted by molar-refractivity contribution is 6.12. The minimum atomic E-state index is -4.97. The first-order chi connectivity index (χ1) is 23.2. The van der Waals surface area contributed by atoms with Crippen molar-refractivity contribution in [3.05, 3.63) is 149 Å². The van der Waals surface area contributed by atoms with Gasteiger partial charge in [-0.15, -0.1) is 0 Å². The molecule has 0 spiro atoms. The van der Waals surface area contributed by atoms with E-state index in [1.54, 1.807) is 24.3 Å². The molecule has 0 radical (unpaired) electrons. The maximum Gasteiger partial charge on any atom is 0.416 e. The fraction of sp³-hybridized carbons (Fsp3) is 0.143. The molecule has 0 unspecified atom stereocenters. The van der Waals surface area contributed by atoms with E-state index in [9.17, 15) is 26.3 Å². The average molecular weight is 664 g/mol. The standard InChI is InChI=1S/C42H31F6N/c1-24-13-25(2)16-30(15-24)28-9-11-39-36(21-28)37-22-29(31-17-26(3)14-27(4)18-31)10-12-40(37)49(39)38-8-6-5-7-35(38)32-19-33(41(43,44)45)23-34(20-32)42(46,47)48/h5-23H,1-4H3. The Bertz CT molecular complexity index is 2230. The molecule has 0 aliphatic heterocycles. The van der Waals surface area contributed by atoms with Gasteiger partial charge < -0.3 is 4.57 Å². The van der Waals surface area contributed by atoms with Gasteiger partial charge in [-0.2, -0.15) is 26.3 Å². The molecule has 49 heavy (non-hydrogen) atoms. The van der Waals surface area contributed by atoms with Crippen molar-refractivity contribution in [1.29, 1.82) is 0 Å². The SMILES string of the molecule is Cc1cc(C)cc(-c2ccc3c(c2)c2cc(-c4cc(C)cc(C)c4)ccc2n3-c2ccccc2-c2cc(C(F)(F)F)cc(C(F)(F)F)c2)c1. The molecule has 7 aromatic rings. The lowest BCUT2D eigenvalue weighted by molar-refractivity contribution is -0.143.